The normalized spacial score (nSPS) is 22.2. The number of nitrogens with zero attached hydrogens (tertiary/aromatic N) is 4. The fraction of sp³-hybridized carbons (Fsp3) is 0.462. The predicted molar refractivity (Wildman–Crippen MR) is 133 cm³/mol. The number of pyridine rings is 1. The topological polar surface area (TPSA) is 127 Å². The minimum absolute atomic E-state index is 0.217. The maximum atomic E-state index is 14.3. The summed E-state index contributed by atoms with van der Waals surface area (Å²) in [5.74, 6) is 0.779. The molecule has 4 N–H and O–H groups in total. The Hall–Kier alpha value is -3.55. The van der Waals surface area contributed by atoms with Gasteiger partial charge in [-0.1, -0.05) is 0 Å². The number of hydrogen-bond acceptors (Lipinski definition) is 7. The van der Waals surface area contributed by atoms with Crippen LogP contribution in [0.15, 0.2) is 36.7 Å². The van der Waals surface area contributed by atoms with E-state index in [9.17, 15) is 14.3 Å². The summed E-state index contributed by atoms with van der Waals surface area (Å²) in [7, 11) is 0. The summed E-state index contributed by atoms with van der Waals surface area (Å²) in [6.45, 7) is 4.46. The van der Waals surface area contributed by atoms with Crippen LogP contribution in [0.2, 0.25) is 0 Å². The van der Waals surface area contributed by atoms with E-state index in [-0.39, 0.29) is 12.6 Å². The second-order valence-electron chi connectivity index (χ2n) is 10.3. The highest BCUT2D eigenvalue weighted by Gasteiger charge is 2.37. The molecule has 1 saturated heterocycles. The Kier molecular flexibility index (Phi) is 6.36. The number of carbonyl (C=O) groups excluding carboxylic acids is 1. The number of halogens is 1. The van der Waals surface area contributed by atoms with E-state index in [1.54, 1.807) is 10.6 Å². The molecule has 2 aliphatic rings. The number of aromatic nitrogens is 3. The second kappa shape index (κ2) is 9.48. The van der Waals surface area contributed by atoms with Gasteiger partial charge in [-0.25, -0.2) is 8.91 Å². The summed E-state index contributed by atoms with van der Waals surface area (Å²) in [6.07, 6.45) is 3.40. The number of nitrogens with one attached hydrogen (secondary N) is 3. The Morgan fingerprint density at radius 2 is 2.06 bits per heavy atom. The zero-order valence-corrected chi connectivity index (χ0v) is 20.3. The molecule has 1 saturated carbocycles. The van der Waals surface area contributed by atoms with Gasteiger partial charge in [0.25, 0.3) is 5.91 Å². The van der Waals surface area contributed by atoms with E-state index < -0.39 is 17.7 Å². The zero-order valence-electron chi connectivity index (χ0n) is 20.3. The summed E-state index contributed by atoms with van der Waals surface area (Å²) in [5.41, 5.74) is 1.96. The van der Waals surface area contributed by atoms with Crippen LogP contribution in [0.3, 0.4) is 0 Å². The van der Waals surface area contributed by atoms with Crippen LogP contribution in [0.25, 0.3) is 16.9 Å². The highest BCUT2D eigenvalue weighted by atomic mass is 19.1. The molecule has 10 heteroatoms. The first-order chi connectivity index (χ1) is 17.2. The van der Waals surface area contributed by atoms with Crippen LogP contribution in [0, 0.1) is 23.2 Å². The average molecular weight is 492 g/mol. The Balaban J connectivity index is 1.45. The first-order valence-electron chi connectivity index (χ1n) is 12.2. The van der Waals surface area contributed by atoms with Crippen LogP contribution >= 0.6 is 0 Å². The number of aliphatic hydroxyl groups is 1. The lowest BCUT2D eigenvalue weighted by Crippen LogP contribution is -2.42. The van der Waals surface area contributed by atoms with E-state index in [4.69, 9.17) is 5.26 Å². The lowest BCUT2D eigenvalue weighted by molar-refractivity contribution is -0.00177. The van der Waals surface area contributed by atoms with Crippen molar-refractivity contribution in [1.29, 1.82) is 5.26 Å². The third-order valence-electron chi connectivity index (χ3n) is 7.26. The summed E-state index contributed by atoms with van der Waals surface area (Å²) in [6, 6.07) is 9.62. The largest absolute Gasteiger partial charge is 0.387 e. The smallest absolute Gasteiger partial charge is 0.255 e. The molecule has 3 aromatic heterocycles. The Morgan fingerprint density at radius 3 is 2.75 bits per heavy atom. The van der Waals surface area contributed by atoms with Gasteiger partial charge in [-0.3, -0.25) is 9.78 Å². The van der Waals surface area contributed by atoms with Crippen LogP contribution in [0.4, 0.5) is 10.1 Å². The van der Waals surface area contributed by atoms with Crippen molar-refractivity contribution in [3.8, 4) is 17.5 Å². The number of nitriles is 1. The van der Waals surface area contributed by atoms with E-state index in [2.05, 4.69) is 32.1 Å². The molecule has 1 aliphatic heterocycles. The van der Waals surface area contributed by atoms with Crippen molar-refractivity contribution in [2.45, 2.75) is 44.5 Å². The molecule has 4 atom stereocenters. The van der Waals surface area contributed by atoms with Crippen LogP contribution in [-0.2, 0) is 0 Å². The van der Waals surface area contributed by atoms with Gasteiger partial charge in [0.05, 0.1) is 52.1 Å². The summed E-state index contributed by atoms with van der Waals surface area (Å²) in [5, 5.41) is 33.0. The molecule has 2 fully saturated rings. The first-order valence-corrected chi connectivity index (χ1v) is 12.2. The second-order valence-corrected chi connectivity index (χ2v) is 10.3. The van der Waals surface area contributed by atoms with Gasteiger partial charge in [-0.15, -0.1) is 0 Å². The molecule has 0 radical (unpaired) electrons. The SMILES string of the molecule is CC(C)(O)C(F)CNC(=O)c1cnc(-c2ccc3cc(C#N)cnn23)cc1NC1C[C@H]2CNC[C@H]2C1. The summed E-state index contributed by atoms with van der Waals surface area (Å²) >= 11 is 0. The standard InChI is InChI=1S/C26H30FN7O2/c1-26(2,36)24(27)14-31-25(35)20-13-30-22(23-4-3-19-5-15(9-28)10-32-34(19)23)8-21(20)33-18-6-16-11-29-12-17(16)7-18/h3-5,8,10,13,16-18,24,29,36H,6-7,11-12,14H2,1-2H3,(H,30,33)(H,31,35)/t16-,17+,18?,24?. The van der Waals surface area contributed by atoms with Gasteiger partial charge in [-0.2, -0.15) is 10.4 Å². The number of rotatable bonds is 7. The molecule has 0 aromatic carbocycles. The molecule has 4 heterocycles. The zero-order chi connectivity index (χ0) is 25.4. The van der Waals surface area contributed by atoms with E-state index in [0.29, 0.717) is 34.3 Å². The molecule has 36 heavy (non-hydrogen) atoms. The molecular formula is C26H30FN7O2. The Morgan fingerprint density at radius 1 is 1.31 bits per heavy atom. The number of amides is 1. The van der Waals surface area contributed by atoms with Gasteiger partial charge in [0.1, 0.15) is 12.2 Å². The number of anilines is 1. The number of hydrogen-bond donors (Lipinski definition) is 4. The van der Waals surface area contributed by atoms with Crippen LogP contribution in [0.1, 0.15) is 42.6 Å². The average Bonchev–Trinajstić information content (AvgIpc) is 3.56. The fourth-order valence-electron chi connectivity index (χ4n) is 5.18. The predicted octanol–water partition coefficient (Wildman–Crippen LogP) is 2.52. The lowest BCUT2D eigenvalue weighted by atomic mass is 10.0. The Labute approximate surface area is 208 Å². The van der Waals surface area contributed by atoms with E-state index >= 15 is 0 Å². The van der Waals surface area contributed by atoms with Crippen molar-refractivity contribution in [1.82, 2.24) is 25.2 Å². The molecule has 0 spiro atoms. The van der Waals surface area contributed by atoms with Crippen LogP contribution in [-0.4, -0.2) is 63.1 Å². The van der Waals surface area contributed by atoms with Gasteiger partial charge < -0.3 is 21.1 Å². The van der Waals surface area contributed by atoms with Crippen molar-refractivity contribution in [2.75, 3.05) is 25.0 Å². The van der Waals surface area contributed by atoms with Crippen molar-refractivity contribution < 1.29 is 14.3 Å². The minimum atomic E-state index is -1.61. The summed E-state index contributed by atoms with van der Waals surface area (Å²) < 4.78 is 16.0. The number of carbonyl (C=O) groups is 1. The van der Waals surface area contributed by atoms with Crippen molar-refractivity contribution in [3.63, 3.8) is 0 Å². The maximum absolute atomic E-state index is 14.3. The lowest BCUT2D eigenvalue weighted by Gasteiger charge is -2.23. The van der Waals surface area contributed by atoms with Crippen LogP contribution in [0.5, 0.6) is 0 Å². The molecule has 5 rings (SSSR count). The highest BCUT2D eigenvalue weighted by Crippen LogP contribution is 2.37. The van der Waals surface area contributed by atoms with Crippen molar-refractivity contribution >= 4 is 17.1 Å². The third-order valence-corrected chi connectivity index (χ3v) is 7.26. The highest BCUT2D eigenvalue weighted by molar-refractivity contribution is 6.00. The molecule has 1 amide bonds. The molecule has 9 nitrogen and oxygen atoms in total. The van der Waals surface area contributed by atoms with E-state index in [1.807, 2.05) is 18.2 Å². The van der Waals surface area contributed by atoms with Gasteiger partial charge in [0.2, 0.25) is 0 Å². The quantitative estimate of drug-likeness (QED) is 0.400. The van der Waals surface area contributed by atoms with Crippen LogP contribution < -0.4 is 16.0 Å². The molecule has 2 unspecified atom stereocenters. The van der Waals surface area contributed by atoms with Gasteiger partial charge in [-0.05, 0) is 75.9 Å². The molecule has 3 aromatic rings. The summed E-state index contributed by atoms with van der Waals surface area (Å²) in [4.78, 5) is 17.6. The molecule has 0 bridgehead atoms. The Bertz CT molecular complexity index is 1310. The third kappa shape index (κ3) is 4.76. The molecule has 1 aliphatic carbocycles. The number of alkyl halides is 1. The van der Waals surface area contributed by atoms with Gasteiger partial charge in [0.15, 0.2) is 0 Å². The van der Waals surface area contributed by atoms with Gasteiger partial charge in [0, 0.05) is 12.2 Å². The monoisotopic (exact) mass is 491 g/mol. The van der Waals surface area contributed by atoms with E-state index in [0.717, 1.165) is 37.1 Å². The minimum Gasteiger partial charge on any atom is -0.387 e. The first kappa shape index (κ1) is 24.2. The molecular weight excluding hydrogens is 461 g/mol. The van der Waals surface area contributed by atoms with Crippen molar-refractivity contribution in [2.24, 2.45) is 11.8 Å². The fourth-order valence-corrected chi connectivity index (χ4v) is 5.18. The van der Waals surface area contributed by atoms with E-state index in [1.165, 1.54) is 26.2 Å². The maximum Gasteiger partial charge on any atom is 0.255 e. The molecule has 188 valence electrons. The van der Waals surface area contributed by atoms with Crippen molar-refractivity contribution in [3.05, 3.63) is 47.8 Å². The van der Waals surface area contributed by atoms with Gasteiger partial charge >= 0.3 is 0 Å². The number of fused-ring (bicyclic) bond motifs is 2.